The highest BCUT2D eigenvalue weighted by molar-refractivity contribution is 7.99. The quantitative estimate of drug-likeness (QED) is 0.659. The van der Waals surface area contributed by atoms with Crippen LogP contribution in [0.25, 0.3) is 0 Å². The van der Waals surface area contributed by atoms with Crippen LogP contribution in [-0.4, -0.2) is 33.8 Å². The molecule has 0 aliphatic heterocycles. The van der Waals surface area contributed by atoms with E-state index in [1.165, 1.54) is 73.0 Å². The van der Waals surface area contributed by atoms with Crippen molar-refractivity contribution in [3.8, 4) is 0 Å². The van der Waals surface area contributed by atoms with Crippen LogP contribution < -0.4 is 10.6 Å². The minimum Gasteiger partial charge on any atom is -0.353 e. The zero-order chi connectivity index (χ0) is 19.8. The SMILES string of the molecule is O=C(CSCc1nnc(C(=O)Nc2ccc(F)cc2)s1)NC1CCCCCC1. The molecule has 9 heteroatoms. The van der Waals surface area contributed by atoms with Gasteiger partial charge in [0, 0.05) is 17.5 Å². The van der Waals surface area contributed by atoms with Crippen LogP contribution in [0.15, 0.2) is 24.3 Å². The molecule has 1 saturated carbocycles. The third-order valence-corrected chi connectivity index (χ3v) is 6.49. The first-order valence-corrected chi connectivity index (χ1v) is 11.3. The lowest BCUT2D eigenvalue weighted by Gasteiger charge is -2.15. The van der Waals surface area contributed by atoms with Gasteiger partial charge in [0.15, 0.2) is 0 Å². The van der Waals surface area contributed by atoms with Gasteiger partial charge >= 0.3 is 0 Å². The highest BCUT2D eigenvalue weighted by atomic mass is 32.2. The Balaban J connectivity index is 1.40. The lowest BCUT2D eigenvalue weighted by atomic mass is 10.1. The minimum atomic E-state index is -0.383. The number of rotatable bonds is 7. The average Bonchev–Trinajstić information content (AvgIpc) is 3.00. The van der Waals surface area contributed by atoms with E-state index < -0.39 is 0 Å². The Kier molecular flexibility index (Phi) is 7.79. The lowest BCUT2D eigenvalue weighted by molar-refractivity contribution is -0.119. The van der Waals surface area contributed by atoms with E-state index in [4.69, 9.17) is 0 Å². The van der Waals surface area contributed by atoms with E-state index >= 15 is 0 Å². The number of amides is 2. The number of anilines is 1. The van der Waals surface area contributed by atoms with Gasteiger partial charge in [-0.3, -0.25) is 9.59 Å². The molecule has 1 aliphatic carbocycles. The first-order chi connectivity index (χ1) is 13.6. The van der Waals surface area contributed by atoms with Gasteiger partial charge in [0.05, 0.1) is 5.75 Å². The Labute approximate surface area is 171 Å². The number of aromatic nitrogens is 2. The monoisotopic (exact) mass is 422 g/mol. The maximum absolute atomic E-state index is 12.9. The average molecular weight is 423 g/mol. The van der Waals surface area contributed by atoms with Crippen LogP contribution in [0.2, 0.25) is 0 Å². The molecular weight excluding hydrogens is 399 g/mol. The third kappa shape index (κ3) is 6.56. The van der Waals surface area contributed by atoms with Crippen molar-refractivity contribution in [3.05, 3.63) is 40.1 Å². The van der Waals surface area contributed by atoms with Crippen molar-refractivity contribution in [1.82, 2.24) is 15.5 Å². The fraction of sp³-hybridized carbons (Fsp3) is 0.474. The van der Waals surface area contributed by atoms with Crippen molar-refractivity contribution in [1.29, 1.82) is 0 Å². The molecule has 1 aromatic carbocycles. The van der Waals surface area contributed by atoms with Gasteiger partial charge in [0.2, 0.25) is 10.9 Å². The molecule has 2 aromatic rings. The number of hydrogen-bond acceptors (Lipinski definition) is 6. The van der Waals surface area contributed by atoms with E-state index in [1.54, 1.807) is 0 Å². The van der Waals surface area contributed by atoms with Crippen LogP contribution in [-0.2, 0) is 10.5 Å². The van der Waals surface area contributed by atoms with Gasteiger partial charge < -0.3 is 10.6 Å². The summed E-state index contributed by atoms with van der Waals surface area (Å²) >= 11 is 2.65. The van der Waals surface area contributed by atoms with Gasteiger partial charge in [0.25, 0.3) is 5.91 Å². The highest BCUT2D eigenvalue weighted by Crippen LogP contribution is 2.20. The van der Waals surface area contributed by atoms with Crippen molar-refractivity contribution >= 4 is 40.6 Å². The van der Waals surface area contributed by atoms with Crippen LogP contribution in [0.4, 0.5) is 10.1 Å². The van der Waals surface area contributed by atoms with Crippen LogP contribution in [0.5, 0.6) is 0 Å². The van der Waals surface area contributed by atoms with Gasteiger partial charge in [-0.25, -0.2) is 4.39 Å². The van der Waals surface area contributed by atoms with E-state index in [1.807, 2.05) is 0 Å². The summed E-state index contributed by atoms with van der Waals surface area (Å²) in [6, 6.07) is 5.82. The molecule has 1 heterocycles. The number of thioether (sulfide) groups is 1. The van der Waals surface area contributed by atoms with E-state index in [0.717, 1.165) is 12.8 Å². The smallest absolute Gasteiger partial charge is 0.286 e. The molecule has 0 atom stereocenters. The number of nitrogens with one attached hydrogen (secondary N) is 2. The van der Waals surface area contributed by atoms with E-state index in [-0.39, 0.29) is 22.6 Å². The molecule has 0 radical (unpaired) electrons. The standard InChI is InChI=1S/C19H23FN4O2S2/c20-13-7-9-15(10-8-13)22-18(26)19-24-23-17(28-19)12-27-11-16(25)21-14-5-3-1-2-4-6-14/h7-10,14H,1-6,11-12H2,(H,21,25)(H,22,26). The first-order valence-electron chi connectivity index (χ1n) is 9.36. The molecule has 0 spiro atoms. The summed E-state index contributed by atoms with van der Waals surface area (Å²) in [6.07, 6.45) is 7.03. The Morgan fingerprint density at radius 1 is 1.11 bits per heavy atom. The molecule has 0 bridgehead atoms. The van der Waals surface area contributed by atoms with Gasteiger partial charge in [-0.2, -0.15) is 0 Å². The molecule has 1 fully saturated rings. The fourth-order valence-corrected chi connectivity index (χ4v) is 4.66. The fourth-order valence-electron chi connectivity index (χ4n) is 3.05. The zero-order valence-electron chi connectivity index (χ0n) is 15.4. The number of nitrogens with zero attached hydrogens (tertiary/aromatic N) is 2. The summed E-state index contributed by atoms with van der Waals surface area (Å²) < 4.78 is 12.9. The predicted molar refractivity (Wildman–Crippen MR) is 110 cm³/mol. The van der Waals surface area contributed by atoms with Crippen molar-refractivity contribution in [2.24, 2.45) is 0 Å². The van der Waals surface area contributed by atoms with Gasteiger partial charge in [0.1, 0.15) is 10.8 Å². The summed E-state index contributed by atoms with van der Waals surface area (Å²) in [5, 5.41) is 14.6. The number of carbonyl (C=O) groups excluding carboxylic acids is 2. The molecule has 0 saturated heterocycles. The van der Waals surface area contributed by atoms with Crippen LogP contribution >= 0.6 is 23.1 Å². The Morgan fingerprint density at radius 2 is 1.82 bits per heavy atom. The normalized spacial score (nSPS) is 15.0. The van der Waals surface area contributed by atoms with Crippen LogP contribution in [0.1, 0.15) is 53.3 Å². The molecule has 28 heavy (non-hydrogen) atoms. The Morgan fingerprint density at radius 3 is 2.54 bits per heavy atom. The first kappa shape index (κ1) is 20.7. The van der Waals surface area contributed by atoms with Crippen molar-refractivity contribution in [2.45, 2.75) is 50.3 Å². The molecule has 0 unspecified atom stereocenters. The third-order valence-electron chi connectivity index (χ3n) is 4.44. The molecule has 2 N–H and O–H groups in total. The number of halogens is 1. The highest BCUT2D eigenvalue weighted by Gasteiger charge is 2.16. The molecule has 150 valence electrons. The van der Waals surface area contributed by atoms with Gasteiger partial charge in [-0.15, -0.1) is 22.0 Å². The zero-order valence-corrected chi connectivity index (χ0v) is 17.1. The molecule has 6 nitrogen and oxygen atoms in total. The summed E-state index contributed by atoms with van der Waals surface area (Å²) in [5.41, 5.74) is 0.493. The minimum absolute atomic E-state index is 0.0516. The summed E-state index contributed by atoms with van der Waals surface area (Å²) in [6.45, 7) is 0. The van der Waals surface area contributed by atoms with Crippen LogP contribution in [0.3, 0.4) is 0 Å². The second-order valence-electron chi connectivity index (χ2n) is 6.71. The molecule has 1 aromatic heterocycles. The second kappa shape index (κ2) is 10.5. The largest absolute Gasteiger partial charge is 0.353 e. The van der Waals surface area contributed by atoms with E-state index in [9.17, 15) is 14.0 Å². The Bertz CT molecular complexity index is 789. The van der Waals surface area contributed by atoms with Gasteiger partial charge in [-0.1, -0.05) is 37.0 Å². The summed E-state index contributed by atoms with van der Waals surface area (Å²) in [7, 11) is 0. The topological polar surface area (TPSA) is 84.0 Å². The van der Waals surface area contributed by atoms with Gasteiger partial charge in [-0.05, 0) is 37.1 Å². The Hall–Kier alpha value is -2.00. The van der Waals surface area contributed by atoms with Crippen molar-refractivity contribution < 1.29 is 14.0 Å². The maximum Gasteiger partial charge on any atom is 0.286 e. The van der Waals surface area contributed by atoms with Crippen LogP contribution in [0, 0.1) is 5.82 Å². The van der Waals surface area contributed by atoms with E-state index in [0.29, 0.717) is 28.2 Å². The van der Waals surface area contributed by atoms with Crippen molar-refractivity contribution in [3.63, 3.8) is 0 Å². The molecule has 2 amide bonds. The number of carbonyl (C=O) groups is 2. The number of benzene rings is 1. The van der Waals surface area contributed by atoms with E-state index in [2.05, 4.69) is 20.8 Å². The molecule has 1 aliphatic rings. The summed E-state index contributed by atoms with van der Waals surface area (Å²) in [4.78, 5) is 24.3. The number of hydrogen-bond donors (Lipinski definition) is 2. The maximum atomic E-state index is 12.9. The second-order valence-corrected chi connectivity index (χ2v) is 8.76. The molecule has 3 rings (SSSR count). The lowest BCUT2D eigenvalue weighted by Crippen LogP contribution is -2.35. The van der Waals surface area contributed by atoms with Crippen molar-refractivity contribution in [2.75, 3.05) is 11.1 Å². The molecular formula is C19H23FN4O2S2. The summed E-state index contributed by atoms with van der Waals surface area (Å²) in [5.74, 6) is 0.200. The predicted octanol–water partition coefficient (Wildman–Crippen LogP) is 4.00.